The fourth-order valence-electron chi connectivity index (χ4n) is 2.26. The first kappa shape index (κ1) is 15.8. The number of carbonyl (C=O) groups excluding carboxylic acids is 1. The van der Waals surface area contributed by atoms with Crippen molar-refractivity contribution in [3.63, 3.8) is 0 Å². The molecule has 0 aliphatic carbocycles. The van der Waals surface area contributed by atoms with Crippen LogP contribution in [0.4, 0.5) is 19.0 Å². The van der Waals surface area contributed by atoms with Crippen LogP contribution in [-0.4, -0.2) is 20.7 Å². The number of fused-ring (bicyclic) bond motifs is 1. The zero-order valence-corrected chi connectivity index (χ0v) is 12.1. The number of pyridine rings is 1. The van der Waals surface area contributed by atoms with Crippen LogP contribution in [-0.2, 0) is 17.5 Å². The van der Waals surface area contributed by atoms with Crippen molar-refractivity contribution in [2.45, 2.75) is 12.7 Å². The van der Waals surface area contributed by atoms with Crippen molar-refractivity contribution in [1.29, 1.82) is 0 Å². The Kier molecular flexibility index (Phi) is 3.84. The number of benzene rings is 1. The minimum atomic E-state index is -4.77. The highest BCUT2D eigenvalue weighted by atomic mass is 19.4. The maximum Gasteiger partial charge on any atom is 0.421 e. The molecule has 0 aliphatic rings. The van der Waals surface area contributed by atoms with Gasteiger partial charge < -0.3 is 9.88 Å². The lowest BCUT2D eigenvalue weighted by atomic mass is 10.2. The minimum absolute atomic E-state index is 0.246. The molecule has 6 nitrogen and oxygen atoms in total. The number of para-hydroxylation sites is 1. The number of rotatable bonds is 3. The average Bonchev–Trinajstić information content (AvgIpc) is 2.91. The highest BCUT2D eigenvalue weighted by Crippen LogP contribution is 2.26. The number of amides is 1. The van der Waals surface area contributed by atoms with Crippen molar-refractivity contribution in [1.82, 2.24) is 14.8 Å². The summed E-state index contributed by atoms with van der Waals surface area (Å²) in [6.07, 6.45) is -3.64. The van der Waals surface area contributed by atoms with Gasteiger partial charge in [0.2, 0.25) is 5.91 Å². The molecule has 2 heterocycles. The first-order valence-electron chi connectivity index (χ1n) is 6.86. The molecule has 0 saturated heterocycles. The monoisotopic (exact) mass is 336 g/mol. The van der Waals surface area contributed by atoms with E-state index in [0.717, 1.165) is 12.3 Å². The third-order valence-corrected chi connectivity index (χ3v) is 3.37. The number of alkyl halides is 3. The number of carbonyl (C=O) groups is 1. The standard InChI is InChI=1S/C15H11F3N4O2/c16-15(17,18)10-5-3-7-22(14(10)24)8-12(23)19-13-9-4-1-2-6-11(9)20-21-13/h1-7H,8H2,(H2,19,20,21,23). The van der Waals surface area contributed by atoms with Crippen LogP contribution < -0.4 is 10.9 Å². The van der Waals surface area contributed by atoms with Crippen molar-refractivity contribution in [2.24, 2.45) is 0 Å². The third kappa shape index (κ3) is 3.00. The van der Waals surface area contributed by atoms with Gasteiger partial charge in [-0.15, -0.1) is 0 Å². The number of nitrogens with zero attached hydrogens (tertiary/aromatic N) is 2. The number of hydrogen-bond acceptors (Lipinski definition) is 3. The highest BCUT2D eigenvalue weighted by Gasteiger charge is 2.34. The molecule has 124 valence electrons. The van der Waals surface area contributed by atoms with Gasteiger partial charge in [-0.3, -0.25) is 14.7 Å². The van der Waals surface area contributed by atoms with E-state index in [9.17, 15) is 22.8 Å². The van der Waals surface area contributed by atoms with Crippen molar-refractivity contribution >= 4 is 22.6 Å². The van der Waals surface area contributed by atoms with Crippen molar-refractivity contribution in [3.8, 4) is 0 Å². The summed E-state index contributed by atoms with van der Waals surface area (Å²) in [7, 11) is 0. The first-order valence-corrected chi connectivity index (χ1v) is 6.86. The normalized spacial score (nSPS) is 11.6. The molecule has 0 unspecified atom stereocenters. The Hall–Kier alpha value is -3.10. The molecule has 0 aliphatic heterocycles. The van der Waals surface area contributed by atoms with E-state index in [1.165, 1.54) is 0 Å². The van der Waals surface area contributed by atoms with Crippen LogP contribution in [0, 0.1) is 0 Å². The van der Waals surface area contributed by atoms with Crippen LogP contribution in [0.15, 0.2) is 47.4 Å². The van der Waals surface area contributed by atoms with Crippen LogP contribution >= 0.6 is 0 Å². The minimum Gasteiger partial charge on any atom is -0.307 e. The van der Waals surface area contributed by atoms with E-state index in [1.54, 1.807) is 24.3 Å². The predicted molar refractivity (Wildman–Crippen MR) is 80.4 cm³/mol. The number of aromatic amines is 1. The third-order valence-electron chi connectivity index (χ3n) is 3.37. The maximum atomic E-state index is 12.7. The van der Waals surface area contributed by atoms with Gasteiger partial charge in [0.1, 0.15) is 12.1 Å². The molecule has 2 aromatic heterocycles. The molecule has 0 spiro atoms. The average molecular weight is 336 g/mol. The van der Waals surface area contributed by atoms with E-state index in [1.807, 2.05) is 0 Å². The van der Waals surface area contributed by atoms with Gasteiger partial charge >= 0.3 is 6.18 Å². The molecule has 0 atom stereocenters. The van der Waals surface area contributed by atoms with E-state index in [4.69, 9.17) is 0 Å². The number of halogens is 3. The molecular formula is C15H11F3N4O2. The van der Waals surface area contributed by atoms with Gasteiger partial charge in [-0.05, 0) is 24.3 Å². The topological polar surface area (TPSA) is 79.8 Å². The molecule has 9 heteroatoms. The van der Waals surface area contributed by atoms with Gasteiger partial charge in [0.05, 0.1) is 5.52 Å². The number of H-pyrrole nitrogens is 1. The van der Waals surface area contributed by atoms with E-state index in [2.05, 4.69) is 15.5 Å². The Morgan fingerprint density at radius 1 is 1.21 bits per heavy atom. The summed E-state index contributed by atoms with van der Waals surface area (Å²) in [5.41, 5.74) is -1.89. The largest absolute Gasteiger partial charge is 0.421 e. The molecule has 24 heavy (non-hydrogen) atoms. The maximum absolute atomic E-state index is 12.7. The molecule has 0 fully saturated rings. The molecule has 0 saturated carbocycles. The molecular weight excluding hydrogens is 325 g/mol. The van der Waals surface area contributed by atoms with Gasteiger partial charge in [-0.1, -0.05) is 12.1 Å². The second-order valence-electron chi connectivity index (χ2n) is 5.02. The fraction of sp³-hybridized carbons (Fsp3) is 0.133. The quantitative estimate of drug-likeness (QED) is 0.771. The van der Waals surface area contributed by atoms with Crippen LogP contribution in [0.25, 0.3) is 10.9 Å². The molecule has 0 radical (unpaired) electrons. The Morgan fingerprint density at radius 2 is 1.96 bits per heavy atom. The van der Waals surface area contributed by atoms with Gasteiger partial charge in [-0.25, -0.2) is 0 Å². The Balaban J connectivity index is 1.82. The van der Waals surface area contributed by atoms with E-state index >= 15 is 0 Å². The van der Waals surface area contributed by atoms with Crippen molar-refractivity contribution < 1.29 is 18.0 Å². The van der Waals surface area contributed by atoms with Crippen molar-refractivity contribution in [2.75, 3.05) is 5.32 Å². The number of anilines is 1. The fourth-order valence-corrected chi connectivity index (χ4v) is 2.26. The molecule has 3 rings (SSSR count). The molecule has 3 aromatic rings. The Labute approximate surface area is 132 Å². The van der Waals surface area contributed by atoms with Crippen LogP contribution in [0.2, 0.25) is 0 Å². The highest BCUT2D eigenvalue weighted by molar-refractivity contribution is 5.99. The van der Waals surface area contributed by atoms with Gasteiger partial charge in [-0.2, -0.15) is 18.3 Å². The summed E-state index contributed by atoms with van der Waals surface area (Å²) < 4.78 is 38.9. The summed E-state index contributed by atoms with van der Waals surface area (Å²) in [6, 6.07) is 8.78. The molecule has 1 amide bonds. The van der Waals surface area contributed by atoms with Gasteiger partial charge in [0.25, 0.3) is 5.56 Å². The number of aromatic nitrogens is 3. The molecule has 2 N–H and O–H groups in total. The van der Waals surface area contributed by atoms with Gasteiger partial charge in [0.15, 0.2) is 5.82 Å². The lowest BCUT2D eigenvalue weighted by Gasteiger charge is -2.10. The summed E-state index contributed by atoms with van der Waals surface area (Å²) >= 11 is 0. The van der Waals surface area contributed by atoms with Gasteiger partial charge in [0, 0.05) is 11.6 Å². The first-order chi connectivity index (χ1) is 11.4. The predicted octanol–water partition coefficient (Wildman–Crippen LogP) is 2.38. The number of hydrogen-bond donors (Lipinski definition) is 2. The van der Waals surface area contributed by atoms with Crippen molar-refractivity contribution in [3.05, 3.63) is 58.5 Å². The summed E-state index contributed by atoms with van der Waals surface area (Å²) in [6.45, 7) is -0.552. The van der Waals surface area contributed by atoms with E-state index in [-0.39, 0.29) is 5.82 Å². The SMILES string of the molecule is O=C(Cn1cccc(C(F)(F)F)c1=O)Nc1n[nH]c2ccccc12. The van der Waals surface area contributed by atoms with Crippen LogP contribution in [0.5, 0.6) is 0 Å². The molecule has 1 aromatic carbocycles. The lowest BCUT2D eigenvalue weighted by Crippen LogP contribution is -2.32. The second-order valence-corrected chi connectivity index (χ2v) is 5.02. The Bertz CT molecular complexity index is 959. The van der Waals surface area contributed by atoms with E-state index < -0.39 is 29.8 Å². The number of nitrogens with one attached hydrogen (secondary N) is 2. The lowest BCUT2D eigenvalue weighted by molar-refractivity contribution is -0.139. The summed E-state index contributed by atoms with van der Waals surface area (Å²) in [5.74, 6) is -0.413. The zero-order chi connectivity index (χ0) is 17.3. The summed E-state index contributed by atoms with van der Waals surface area (Å²) in [5, 5.41) is 9.78. The van der Waals surface area contributed by atoms with Crippen LogP contribution in [0.3, 0.4) is 0 Å². The summed E-state index contributed by atoms with van der Waals surface area (Å²) in [4.78, 5) is 23.8. The second kappa shape index (κ2) is 5.84. The zero-order valence-electron chi connectivity index (χ0n) is 12.1. The van der Waals surface area contributed by atoms with Crippen LogP contribution in [0.1, 0.15) is 5.56 Å². The van der Waals surface area contributed by atoms with E-state index in [0.29, 0.717) is 21.5 Å². The Morgan fingerprint density at radius 3 is 2.71 bits per heavy atom. The molecule has 0 bridgehead atoms. The smallest absolute Gasteiger partial charge is 0.307 e.